The Bertz CT molecular complexity index is 895. The highest BCUT2D eigenvalue weighted by Crippen LogP contribution is 2.27. The average Bonchev–Trinajstić information content (AvgIpc) is 2.59. The fraction of sp³-hybridized carbons (Fsp3) is 0.235. The maximum Gasteiger partial charge on any atom is 0.341 e. The fourth-order valence-corrected chi connectivity index (χ4v) is 3.21. The third kappa shape index (κ3) is 3.79. The van der Waals surface area contributed by atoms with Crippen molar-refractivity contribution in [2.24, 2.45) is 0 Å². The van der Waals surface area contributed by atoms with Crippen LogP contribution in [0.2, 0.25) is 0 Å². The number of rotatable bonds is 5. The number of halogens is 2. The summed E-state index contributed by atoms with van der Waals surface area (Å²) >= 11 is 0. The highest BCUT2D eigenvalue weighted by atomic mass is 32.2. The maximum atomic E-state index is 12.5. The molecule has 2 aromatic carbocycles. The van der Waals surface area contributed by atoms with E-state index in [1.165, 1.54) is 12.1 Å². The SMILES string of the molecule is O=C1CCc2ccc(OCc3ccc(S(=O)(=O)C(F)F)cc3)cc2N1. The van der Waals surface area contributed by atoms with Gasteiger partial charge in [-0.05, 0) is 35.7 Å². The number of nitrogens with one attached hydrogen (secondary N) is 1. The Morgan fingerprint density at radius 1 is 1.08 bits per heavy atom. The lowest BCUT2D eigenvalue weighted by Crippen LogP contribution is -2.18. The first-order chi connectivity index (χ1) is 11.9. The standard InChI is InChI=1S/C17H15F2NO4S/c18-17(19)25(22,23)14-6-1-11(2-7-14)10-24-13-5-3-12-4-8-16(21)20-15(12)9-13/h1-3,5-7,9,17H,4,8,10H2,(H,20,21). The predicted molar refractivity (Wildman–Crippen MR) is 87.4 cm³/mol. The summed E-state index contributed by atoms with van der Waals surface area (Å²) in [6.07, 6.45) is 1.14. The highest BCUT2D eigenvalue weighted by Gasteiger charge is 2.26. The lowest BCUT2D eigenvalue weighted by atomic mass is 10.0. The number of aryl methyl sites for hydroxylation is 1. The molecule has 3 rings (SSSR count). The molecule has 2 aromatic rings. The van der Waals surface area contributed by atoms with Gasteiger partial charge >= 0.3 is 5.76 Å². The molecule has 25 heavy (non-hydrogen) atoms. The van der Waals surface area contributed by atoms with E-state index < -0.39 is 20.5 Å². The largest absolute Gasteiger partial charge is 0.489 e. The number of hydrogen-bond donors (Lipinski definition) is 1. The number of amides is 1. The van der Waals surface area contributed by atoms with E-state index in [9.17, 15) is 22.0 Å². The molecule has 0 aromatic heterocycles. The van der Waals surface area contributed by atoms with Gasteiger partial charge in [-0.15, -0.1) is 0 Å². The van der Waals surface area contributed by atoms with Crippen LogP contribution in [0.1, 0.15) is 17.5 Å². The smallest absolute Gasteiger partial charge is 0.341 e. The summed E-state index contributed by atoms with van der Waals surface area (Å²) in [5, 5.41) is 2.78. The van der Waals surface area contributed by atoms with Crippen molar-refractivity contribution in [3.05, 3.63) is 53.6 Å². The third-order valence-corrected chi connectivity index (χ3v) is 5.27. The van der Waals surface area contributed by atoms with Gasteiger partial charge in [0, 0.05) is 18.2 Å². The fourth-order valence-electron chi connectivity index (χ4n) is 2.49. The normalized spacial score (nSPS) is 14.1. The van der Waals surface area contributed by atoms with Gasteiger partial charge in [-0.3, -0.25) is 4.79 Å². The van der Waals surface area contributed by atoms with E-state index in [1.807, 2.05) is 6.07 Å². The molecule has 132 valence electrons. The summed E-state index contributed by atoms with van der Waals surface area (Å²) in [6.45, 7) is 0.141. The van der Waals surface area contributed by atoms with Crippen LogP contribution in [0.3, 0.4) is 0 Å². The van der Waals surface area contributed by atoms with Gasteiger partial charge in [0.1, 0.15) is 12.4 Å². The number of alkyl halides is 2. The second-order valence-electron chi connectivity index (χ2n) is 5.61. The van der Waals surface area contributed by atoms with Crippen molar-refractivity contribution < 1.29 is 26.7 Å². The molecule has 0 bridgehead atoms. The van der Waals surface area contributed by atoms with E-state index in [2.05, 4.69) is 5.32 Å². The molecular weight excluding hydrogens is 352 g/mol. The Kier molecular flexibility index (Phi) is 4.71. The van der Waals surface area contributed by atoms with Gasteiger partial charge < -0.3 is 10.1 Å². The zero-order valence-electron chi connectivity index (χ0n) is 13.0. The third-order valence-electron chi connectivity index (χ3n) is 3.87. The molecule has 1 aliphatic rings. The molecule has 1 aliphatic heterocycles. The Balaban J connectivity index is 1.68. The molecular formula is C17H15F2NO4S. The van der Waals surface area contributed by atoms with Gasteiger partial charge in [0.05, 0.1) is 4.90 Å². The van der Waals surface area contributed by atoms with Crippen LogP contribution in [0, 0.1) is 0 Å². The van der Waals surface area contributed by atoms with Crippen LogP contribution in [0.25, 0.3) is 0 Å². The van der Waals surface area contributed by atoms with Gasteiger partial charge in [-0.1, -0.05) is 18.2 Å². The average molecular weight is 367 g/mol. The van der Waals surface area contributed by atoms with Gasteiger partial charge in [0.15, 0.2) is 0 Å². The molecule has 5 nitrogen and oxygen atoms in total. The molecule has 0 aliphatic carbocycles. The van der Waals surface area contributed by atoms with Crippen molar-refractivity contribution in [3.8, 4) is 5.75 Å². The van der Waals surface area contributed by atoms with E-state index in [-0.39, 0.29) is 12.5 Å². The van der Waals surface area contributed by atoms with Crippen molar-refractivity contribution in [1.82, 2.24) is 0 Å². The first-order valence-corrected chi connectivity index (χ1v) is 9.07. The molecule has 0 spiro atoms. The first kappa shape index (κ1) is 17.3. The van der Waals surface area contributed by atoms with E-state index in [0.29, 0.717) is 29.8 Å². The molecule has 1 heterocycles. The Hall–Kier alpha value is -2.48. The molecule has 0 saturated heterocycles. The number of hydrogen-bond acceptors (Lipinski definition) is 4. The molecule has 0 atom stereocenters. The van der Waals surface area contributed by atoms with Crippen molar-refractivity contribution in [2.75, 3.05) is 5.32 Å². The lowest BCUT2D eigenvalue weighted by molar-refractivity contribution is -0.116. The summed E-state index contributed by atoms with van der Waals surface area (Å²) in [6, 6.07) is 10.5. The van der Waals surface area contributed by atoms with E-state index in [4.69, 9.17) is 4.74 Å². The molecule has 1 amide bonds. The minimum absolute atomic E-state index is 0.0412. The summed E-state index contributed by atoms with van der Waals surface area (Å²) in [4.78, 5) is 11.0. The lowest BCUT2D eigenvalue weighted by Gasteiger charge is -2.17. The summed E-state index contributed by atoms with van der Waals surface area (Å²) in [7, 11) is -4.59. The number of sulfone groups is 1. The second kappa shape index (κ2) is 6.79. The van der Waals surface area contributed by atoms with Crippen LogP contribution in [0.4, 0.5) is 14.5 Å². The van der Waals surface area contributed by atoms with Crippen LogP contribution >= 0.6 is 0 Å². The Labute approximate surface area is 143 Å². The number of fused-ring (bicyclic) bond motifs is 1. The molecule has 8 heteroatoms. The Morgan fingerprint density at radius 3 is 2.48 bits per heavy atom. The summed E-state index contributed by atoms with van der Waals surface area (Å²) < 4.78 is 53.3. The quantitative estimate of drug-likeness (QED) is 0.881. The number of carbonyl (C=O) groups is 1. The van der Waals surface area contributed by atoms with Crippen molar-refractivity contribution in [3.63, 3.8) is 0 Å². The molecule has 1 N–H and O–H groups in total. The van der Waals surface area contributed by atoms with Crippen molar-refractivity contribution >= 4 is 21.4 Å². The Morgan fingerprint density at radius 2 is 1.80 bits per heavy atom. The topological polar surface area (TPSA) is 72.5 Å². The van der Waals surface area contributed by atoms with Crippen LogP contribution in [0.15, 0.2) is 47.4 Å². The van der Waals surface area contributed by atoms with E-state index in [1.54, 1.807) is 12.1 Å². The second-order valence-corrected chi connectivity index (χ2v) is 7.52. The predicted octanol–water partition coefficient (Wildman–Crippen LogP) is 3.15. The minimum Gasteiger partial charge on any atom is -0.489 e. The molecule has 0 unspecified atom stereocenters. The van der Waals surface area contributed by atoms with Crippen LogP contribution in [0.5, 0.6) is 5.75 Å². The molecule has 0 radical (unpaired) electrons. The van der Waals surface area contributed by atoms with Crippen LogP contribution in [-0.2, 0) is 27.7 Å². The molecule has 0 fully saturated rings. The summed E-state index contributed by atoms with van der Waals surface area (Å²) in [5.74, 6) is -2.94. The number of anilines is 1. The van der Waals surface area contributed by atoms with Gasteiger partial charge in [-0.2, -0.15) is 8.78 Å². The summed E-state index contributed by atoms with van der Waals surface area (Å²) in [5.41, 5.74) is 2.38. The van der Waals surface area contributed by atoms with Crippen LogP contribution < -0.4 is 10.1 Å². The van der Waals surface area contributed by atoms with Crippen molar-refractivity contribution in [2.45, 2.75) is 30.1 Å². The number of benzene rings is 2. The number of carbonyl (C=O) groups excluding carboxylic acids is 1. The minimum atomic E-state index is -4.59. The zero-order chi connectivity index (χ0) is 18.0. The first-order valence-electron chi connectivity index (χ1n) is 7.53. The van der Waals surface area contributed by atoms with E-state index >= 15 is 0 Å². The van der Waals surface area contributed by atoms with Gasteiger partial charge in [0.2, 0.25) is 15.7 Å². The zero-order valence-corrected chi connectivity index (χ0v) is 13.9. The monoisotopic (exact) mass is 367 g/mol. The van der Waals surface area contributed by atoms with Crippen LogP contribution in [-0.4, -0.2) is 20.1 Å². The van der Waals surface area contributed by atoms with Crippen molar-refractivity contribution in [1.29, 1.82) is 0 Å². The van der Waals surface area contributed by atoms with Gasteiger partial charge in [-0.25, -0.2) is 8.42 Å². The number of ether oxygens (including phenoxy) is 1. The maximum absolute atomic E-state index is 12.5. The molecule has 0 saturated carbocycles. The van der Waals surface area contributed by atoms with Gasteiger partial charge in [0.25, 0.3) is 0 Å². The highest BCUT2D eigenvalue weighted by molar-refractivity contribution is 7.91. The van der Waals surface area contributed by atoms with E-state index in [0.717, 1.165) is 17.7 Å².